The molecule has 3 N–H and O–H groups in total. The summed E-state index contributed by atoms with van der Waals surface area (Å²) < 4.78 is 53.2. The Hall–Kier alpha value is -3.03. The number of aliphatic hydroxyl groups excluding tert-OH is 3. The van der Waals surface area contributed by atoms with Gasteiger partial charge in [0, 0.05) is 31.0 Å². The van der Waals surface area contributed by atoms with Crippen LogP contribution in [0.5, 0.6) is 0 Å². The predicted octanol–water partition coefficient (Wildman–Crippen LogP) is 6.60. The van der Waals surface area contributed by atoms with Crippen LogP contribution >= 0.6 is 45.2 Å². The summed E-state index contributed by atoms with van der Waals surface area (Å²) in [7, 11) is 0. The average Bonchev–Trinajstić information content (AvgIpc) is 3.03. The Kier molecular flexibility index (Phi) is 16.7. The van der Waals surface area contributed by atoms with E-state index in [0.29, 0.717) is 11.6 Å². The van der Waals surface area contributed by atoms with Gasteiger partial charge in [0.1, 0.15) is 34.3 Å². The number of pyridine rings is 1. The Labute approximate surface area is 309 Å². The lowest BCUT2D eigenvalue weighted by molar-refractivity contribution is -0.137. The quantitative estimate of drug-likeness (QED) is 0.0460. The van der Waals surface area contributed by atoms with E-state index in [1.54, 1.807) is 63.6 Å². The second-order valence-electron chi connectivity index (χ2n) is 11.3. The van der Waals surface area contributed by atoms with Gasteiger partial charge in [-0.2, -0.15) is 0 Å². The van der Waals surface area contributed by atoms with E-state index in [-0.39, 0.29) is 67.5 Å². The molecular weight excluding hydrogens is 875 g/mol. The first-order chi connectivity index (χ1) is 23.0. The maximum Gasteiger partial charge on any atom is 0.343 e. The highest BCUT2D eigenvalue weighted by Gasteiger charge is 2.24. The monoisotopic (exact) mass is 914 g/mol. The minimum Gasteiger partial charge on any atom is -0.506 e. The summed E-state index contributed by atoms with van der Waals surface area (Å²) in [5.41, 5.74) is -0.990. The first-order valence-corrected chi connectivity index (χ1v) is 17.4. The fraction of sp³-hybridized carbons (Fsp3) is 0.412. The number of aliphatic hydroxyl groups is 3. The molecule has 0 aliphatic rings. The maximum atomic E-state index is 14.0. The van der Waals surface area contributed by atoms with Crippen molar-refractivity contribution >= 4 is 80.0 Å². The molecule has 0 aliphatic heterocycles. The Balaban J connectivity index is 0.000000340. The van der Waals surface area contributed by atoms with Crippen molar-refractivity contribution in [2.45, 2.75) is 53.6 Å². The highest BCUT2D eigenvalue weighted by molar-refractivity contribution is 14.1. The van der Waals surface area contributed by atoms with Gasteiger partial charge in [-0.05, 0) is 89.1 Å². The van der Waals surface area contributed by atoms with E-state index in [0.717, 1.165) is 12.3 Å². The van der Waals surface area contributed by atoms with Gasteiger partial charge in [0.15, 0.2) is 0 Å². The Morgan fingerprint density at radius 3 is 2.00 bits per heavy atom. The molecule has 1 heterocycles. The minimum absolute atomic E-state index is 0.0121. The molecule has 2 atom stereocenters. The molecule has 49 heavy (non-hydrogen) atoms. The third-order valence-electron chi connectivity index (χ3n) is 7.25. The summed E-state index contributed by atoms with van der Waals surface area (Å²) >= 11 is 3.44. The smallest absolute Gasteiger partial charge is 0.343 e. The Morgan fingerprint density at radius 2 is 1.47 bits per heavy atom. The highest BCUT2D eigenvalue weighted by Crippen LogP contribution is 2.27. The fourth-order valence-corrected chi connectivity index (χ4v) is 5.40. The van der Waals surface area contributed by atoms with E-state index >= 15 is 0 Å². The molecule has 0 fully saturated rings. The lowest BCUT2D eigenvalue weighted by Gasteiger charge is -2.25. The van der Waals surface area contributed by atoms with E-state index in [1.165, 1.54) is 18.3 Å². The lowest BCUT2D eigenvalue weighted by atomic mass is 10.0. The van der Waals surface area contributed by atoms with Crippen LogP contribution in [0.25, 0.3) is 16.7 Å². The topological polar surface area (TPSA) is 148 Å². The summed E-state index contributed by atoms with van der Waals surface area (Å²) in [6, 6.07) is 3.48. The average molecular weight is 914 g/mol. The van der Waals surface area contributed by atoms with Gasteiger partial charge in [0.2, 0.25) is 5.43 Å². The lowest BCUT2D eigenvalue weighted by Crippen LogP contribution is -2.26. The minimum atomic E-state index is -1.02. The van der Waals surface area contributed by atoms with E-state index in [2.05, 4.69) is 4.99 Å². The molecule has 1 aromatic heterocycles. The molecule has 10 nitrogen and oxygen atoms in total. The van der Waals surface area contributed by atoms with E-state index in [9.17, 15) is 42.9 Å². The third-order valence-corrected chi connectivity index (χ3v) is 8.90. The number of esters is 2. The van der Waals surface area contributed by atoms with Gasteiger partial charge >= 0.3 is 11.9 Å². The van der Waals surface area contributed by atoms with Crippen molar-refractivity contribution in [3.8, 4) is 0 Å². The molecule has 0 amide bonds. The van der Waals surface area contributed by atoms with Crippen molar-refractivity contribution in [1.82, 2.24) is 4.57 Å². The molecule has 268 valence electrons. The SMILES string of the molecule is CCOC(=O)C(C=N[C@H](CO)C(C)C)=C(O)c1cc(I)c(F)cc1F.CCOC(=O)c1cn([C@H](CO)C(C)C)c2cc(F)c(I)cc2c1=O. The second-order valence-corrected chi connectivity index (χ2v) is 13.6. The van der Waals surface area contributed by atoms with Crippen molar-refractivity contribution < 1.29 is 47.6 Å². The second kappa shape index (κ2) is 19.4. The predicted molar refractivity (Wildman–Crippen MR) is 197 cm³/mol. The molecule has 0 aliphatic carbocycles. The first-order valence-electron chi connectivity index (χ1n) is 15.2. The van der Waals surface area contributed by atoms with Crippen LogP contribution in [0.1, 0.15) is 63.5 Å². The van der Waals surface area contributed by atoms with Crippen molar-refractivity contribution in [3.05, 3.63) is 82.0 Å². The van der Waals surface area contributed by atoms with Gasteiger partial charge in [-0.1, -0.05) is 27.7 Å². The van der Waals surface area contributed by atoms with Gasteiger partial charge in [0.05, 0.1) is 49.6 Å². The molecule has 0 bridgehead atoms. The van der Waals surface area contributed by atoms with Crippen LogP contribution in [0, 0.1) is 36.4 Å². The number of carbonyl (C=O) groups excluding carboxylic acids is 2. The van der Waals surface area contributed by atoms with Crippen LogP contribution in [-0.4, -0.2) is 70.5 Å². The van der Waals surface area contributed by atoms with Gasteiger partial charge in [-0.3, -0.25) is 9.79 Å². The van der Waals surface area contributed by atoms with E-state index < -0.39 is 52.7 Å². The normalized spacial score (nSPS) is 13.3. The Morgan fingerprint density at radius 1 is 0.878 bits per heavy atom. The van der Waals surface area contributed by atoms with Gasteiger partial charge in [-0.25, -0.2) is 22.8 Å². The molecular formula is C34H39F3I2N2O8. The zero-order valence-corrected chi connectivity index (χ0v) is 32.1. The number of aliphatic imine (C=N–C) groups is 1. The van der Waals surface area contributed by atoms with Gasteiger partial charge in [0.25, 0.3) is 0 Å². The number of aromatic nitrogens is 1. The molecule has 0 saturated heterocycles. The number of fused-ring (bicyclic) bond motifs is 1. The van der Waals surface area contributed by atoms with Crippen LogP contribution in [-0.2, 0) is 14.3 Å². The number of nitrogens with zero attached hydrogens (tertiary/aromatic N) is 2. The summed E-state index contributed by atoms with van der Waals surface area (Å²) in [5.74, 6) is -4.60. The number of benzene rings is 2. The molecule has 0 radical (unpaired) electrons. The molecule has 3 aromatic rings. The number of ether oxygens (including phenoxy) is 2. The maximum absolute atomic E-state index is 14.0. The van der Waals surface area contributed by atoms with Gasteiger partial charge in [-0.15, -0.1) is 0 Å². The fourth-order valence-electron chi connectivity index (χ4n) is 4.46. The molecule has 3 rings (SSSR count). The number of hydrogen-bond donors (Lipinski definition) is 3. The zero-order valence-electron chi connectivity index (χ0n) is 27.8. The van der Waals surface area contributed by atoms with Crippen molar-refractivity contribution in [3.63, 3.8) is 0 Å². The summed E-state index contributed by atoms with van der Waals surface area (Å²) in [6.07, 6.45) is 2.40. The number of hydrogen-bond acceptors (Lipinski definition) is 9. The van der Waals surface area contributed by atoms with E-state index in [1.807, 2.05) is 27.7 Å². The van der Waals surface area contributed by atoms with Crippen molar-refractivity contribution in [1.29, 1.82) is 0 Å². The summed E-state index contributed by atoms with van der Waals surface area (Å²) in [6.45, 7) is 10.4. The van der Waals surface area contributed by atoms with Crippen LogP contribution in [0.3, 0.4) is 0 Å². The largest absolute Gasteiger partial charge is 0.506 e. The molecule has 0 saturated carbocycles. The number of halogens is 5. The third kappa shape index (κ3) is 10.7. The highest BCUT2D eigenvalue weighted by atomic mass is 127. The summed E-state index contributed by atoms with van der Waals surface area (Å²) in [5, 5.41) is 29.6. The standard InChI is InChI=1S/C17H20F2INO4.C17H19FINO4/c1-4-25-17(24)11(7-21-15(8-22)9(2)3)16(23)10-5-14(20)13(19)6-12(10)18;1-4-24-17(23)11-7-20(15(8-21)9(2)3)14-6-12(18)13(19)5-10(14)16(11)22/h5-7,9,15,22-23H,4,8H2,1-3H3;5-7,9,15,21H,4,8H2,1-3H3/t2*15-/m11/s1. The van der Waals surface area contributed by atoms with E-state index in [4.69, 9.17) is 9.47 Å². The molecule has 15 heteroatoms. The number of rotatable bonds is 12. The van der Waals surface area contributed by atoms with Gasteiger partial charge < -0.3 is 29.4 Å². The van der Waals surface area contributed by atoms with Crippen LogP contribution in [0.2, 0.25) is 0 Å². The molecule has 2 aromatic carbocycles. The van der Waals surface area contributed by atoms with Crippen LogP contribution in [0.4, 0.5) is 13.2 Å². The summed E-state index contributed by atoms with van der Waals surface area (Å²) in [4.78, 5) is 40.9. The molecule has 0 unspecified atom stereocenters. The zero-order chi connectivity index (χ0) is 37.2. The van der Waals surface area contributed by atoms with Crippen LogP contribution in [0.15, 0.2) is 45.8 Å². The Bertz CT molecular complexity index is 1780. The molecule has 0 spiro atoms. The number of carbonyl (C=O) groups is 2. The van der Waals surface area contributed by atoms with Crippen molar-refractivity contribution in [2.75, 3.05) is 26.4 Å². The van der Waals surface area contributed by atoms with Crippen molar-refractivity contribution in [2.24, 2.45) is 16.8 Å². The first kappa shape index (κ1) is 42.1. The van der Waals surface area contributed by atoms with Crippen LogP contribution < -0.4 is 5.43 Å².